The van der Waals surface area contributed by atoms with Crippen molar-refractivity contribution in [2.75, 3.05) is 5.32 Å². The second kappa shape index (κ2) is 5.92. The molecule has 0 aromatic heterocycles. The van der Waals surface area contributed by atoms with Gasteiger partial charge in [-0.2, -0.15) is 0 Å². The van der Waals surface area contributed by atoms with Crippen molar-refractivity contribution in [3.63, 3.8) is 0 Å². The number of hydrogen-bond donors (Lipinski definition) is 2. The van der Waals surface area contributed by atoms with Crippen LogP contribution in [0.15, 0.2) is 30.3 Å². The number of benzene rings is 2. The van der Waals surface area contributed by atoms with Crippen LogP contribution < -0.4 is 5.32 Å². The topological polar surface area (TPSA) is 49.3 Å². The quantitative estimate of drug-likeness (QED) is 0.676. The lowest BCUT2D eigenvalue weighted by molar-refractivity contribution is 0.101. The average Bonchev–Trinajstić information content (AvgIpc) is 2.45. The molecule has 2 aromatic rings. The highest BCUT2D eigenvalue weighted by molar-refractivity contribution is 6.04. The molecule has 3 nitrogen and oxygen atoms in total. The van der Waals surface area contributed by atoms with Gasteiger partial charge in [-0.1, -0.05) is 12.1 Å². The number of aliphatic hydroxyl groups excluding tert-OH is 1. The first-order valence-electron chi connectivity index (χ1n) is 5.78. The number of anilines is 1. The lowest BCUT2D eigenvalue weighted by Gasteiger charge is -2.09. The third-order valence-electron chi connectivity index (χ3n) is 2.71. The van der Waals surface area contributed by atoms with Crippen LogP contribution in [-0.2, 0) is 6.61 Å². The van der Waals surface area contributed by atoms with E-state index in [1.54, 1.807) is 6.07 Å². The Labute approximate surface area is 116 Å². The largest absolute Gasteiger partial charge is 0.392 e. The zero-order valence-corrected chi connectivity index (χ0v) is 10.5. The van der Waals surface area contributed by atoms with Crippen LogP contribution in [0.2, 0.25) is 0 Å². The Morgan fingerprint density at radius 3 is 2.24 bits per heavy atom. The fourth-order valence-electron chi connectivity index (χ4n) is 1.71. The maximum Gasteiger partial charge on any atom is 0.261 e. The van der Waals surface area contributed by atoms with Crippen molar-refractivity contribution in [2.45, 2.75) is 6.61 Å². The molecule has 0 heterocycles. The number of hydrogen-bond acceptors (Lipinski definition) is 2. The van der Waals surface area contributed by atoms with E-state index in [4.69, 9.17) is 5.11 Å². The van der Waals surface area contributed by atoms with Crippen molar-refractivity contribution in [1.29, 1.82) is 0 Å². The first kappa shape index (κ1) is 15.0. The van der Waals surface area contributed by atoms with Gasteiger partial charge in [0.15, 0.2) is 23.3 Å². The number of nitrogens with one attached hydrogen (secondary N) is 1. The molecule has 21 heavy (non-hydrogen) atoms. The molecule has 2 aromatic carbocycles. The van der Waals surface area contributed by atoms with E-state index in [9.17, 15) is 22.4 Å². The molecule has 7 heteroatoms. The Morgan fingerprint density at radius 2 is 1.67 bits per heavy atom. The lowest BCUT2D eigenvalue weighted by Crippen LogP contribution is -2.18. The van der Waals surface area contributed by atoms with Crippen LogP contribution in [0.3, 0.4) is 0 Å². The van der Waals surface area contributed by atoms with Gasteiger partial charge in [0, 0.05) is 11.8 Å². The van der Waals surface area contributed by atoms with E-state index in [0.29, 0.717) is 5.56 Å². The minimum atomic E-state index is -1.77. The molecule has 0 spiro atoms. The van der Waals surface area contributed by atoms with E-state index in [0.717, 1.165) is 0 Å². The van der Waals surface area contributed by atoms with Crippen LogP contribution in [0.1, 0.15) is 15.9 Å². The highest BCUT2D eigenvalue weighted by Gasteiger charge is 2.24. The summed E-state index contributed by atoms with van der Waals surface area (Å²) >= 11 is 0. The fourth-order valence-corrected chi connectivity index (χ4v) is 1.71. The molecule has 0 unspecified atom stereocenters. The van der Waals surface area contributed by atoms with Crippen molar-refractivity contribution < 1.29 is 27.5 Å². The summed E-state index contributed by atoms with van der Waals surface area (Å²) < 4.78 is 53.0. The van der Waals surface area contributed by atoms with Gasteiger partial charge in [0.1, 0.15) is 5.56 Å². The third-order valence-corrected chi connectivity index (χ3v) is 2.71. The van der Waals surface area contributed by atoms with Crippen molar-refractivity contribution >= 4 is 11.6 Å². The summed E-state index contributed by atoms with van der Waals surface area (Å²) in [4.78, 5) is 11.8. The van der Waals surface area contributed by atoms with Crippen molar-refractivity contribution in [2.24, 2.45) is 0 Å². The number of carbonyl (C=O) groups is 1. The van der Waals surface area contributed by atoms with Gasteiger partial charge in [-0.3, -0.25) is 4.79 Å². The SMILES string of the molecule is O=C(Nc1cccc(CO)c1)c1c(F)c(F)cc(F)c1F. The number of amides is 1. The monoisotopic (exact) mass is 299 g/mol. The molecule has 0 fully saturated rings. The molecule has 110 valence electrons. The standard InChI is InChI=1S/C14H9F4NO2/c15-9-5-10(16)13(18)11(12(9)17)14(21)19-8-3-1-2-7(4-8)6-20/h1-5,20H,6H2,(H,19,21). The Hall–Kier alpha value is -2.41. The summed E-state index contributed by atoms with van der Waals surface area (Å²) in [6, 6.07) is 5.80. The molecule has 2 N–H and O–H groups in total. The second-order valence-corrected chi connectivity index (χ2v) is 4.16. The van der Waals surface area contributed by atoms with Crippen LogP contribution in [0.25, 0.3) is 0 Å². The maximum atomic E-state index is 13.5. The molecular weight excluding hydrogens is 290 g/mol. The number of aliphatic hydroxyl groups is 1. The van der Waals surface area contributed by atoms with Crippen molar-refractivity contribution in [3.05, 3.63) is 64.7 Å². The molecule has 0 aliphatic heterocycles. The Balaban J connectivity index is 2.37. The van der Waals surface area contributed by atoms with Gasteiger partial charge in [0.05, 0.1) is 6.61 Å². The molecule has 0 saturated carbocycles. The average molecular weight is 299 g/mol. The zero-order chi connectivity index (χ0) is 15.6. The second-order valence-electron chi connectivity index (χ2n) is 4.16. The molecule has 0 aliphatic rings. The highest BCUT2D eigenvalue weighted by Crippen LogP contribution is 2.21. The van der Waals surface area contributed by atoms with Gasteiger partial charge in [0.2, 0.25) is 0 Å². The molecule has 0 radical (unpaired) electrons. The van der Waals surface area contributed by atoms with Gasteiger partial charge in [-0.25, -0.2) is 17.6 Å². The van der Waals surface area contributed by atoms with Crippen molar-refractivity contribution in [1.82, 2.24) is 0 Å². The van der Waals surface area contributed by atoms with Gasteiger partial charge in [-0.05, 0) is 17.7 Å². The van der Waals surface area contributed by atoms with E-state index >= 15 is 0 Å². The Morgan fingerprint density at radius 1 is 1.05 bits per heavy atom. The van der Waals surface area contributed by atoms with Crippen LogP contribution in [0.5, 0.6) is 0 Å². The summed E-state index contributed by atoms with van der Waals surface area (Å²) in [6.45, 7) is -0.305. The highest BCUT2D eigenvalue weighted by atomic mass is 19.2. The minimum absolute atomic E-state index is 0.0217. The molecule has 0 bridgehead atoms. The van der Waals surface area contributed by atoms with Crippen molar-refractivity contribution in [3.8, 4) is 0 Å². The molecule has 0 atom stereocenters. The van der Waals surface area contributed by atoms with E-state index in [1.807, 2.05) is 0 Å². The fraction of sp³-hybridized carbons (Fsp3) is 0.0714. The van der Waals surface area contributed by atoms with E-state index in [1.165, 1.54) is 18.2 Å². The first-order valence-corrected chi connectivity index (χ1v) is 5.78. The number of rotatable bonds is 3. The summed E-state index contributed by atoms with van der Waals surface area (Å²) in [6.07, 6.45) is 0. The minimum Gasteiger partial charge on any atom is -0.392 e. The maximum absolute atomic E-state index is 13.5. The molecule has 2 rings (SSSR count). The summed E-state index contributed by atoms with van der Waals surface area (Å²) in [7, 11) is 0. The summed E-state index contributed by atoms with van der Waals surface area (Å²) in [5.74, 6) is -8.21. The van der Waals surface area contributed by atoms with Gasteiger partial charge in [-0.15, -0.1) is 0 Å². The zero-order valence-electron chi connectivity index (χ0n) is 10.5. The number of halogens is 4. The van der Waals surface area contributed by atoms with Crippen LogP contribution in [0, 0.1) is 23.3 Å². The van der Waals surface area contributed by atoms with Gasteiger partial charge >= 0.3 is 0 Å². The lowest BCUT2D eigenvalue weighted by atomic mass is 10.1. The molecule has 0 aliphatic carbocycles. The van der Waals surface area contributed by atoms with Gasteiger partial charge < -0.3 is 10.4 Å². The normalized spacial score (nSPS) is 10.5. The predicted molar refractivity (Wildman–Crippen MR) is 66.6 cm³/mol. The molecular formula is C14H9F4NO2. The van der Waals surface area contributed by atoms with Crippen LogP contribution >= 0.6 is 0 Å². The predicted octanol–water partition coefficient (Wildman–Crippen LogP) is 2.99. The van der Waals surface area contributed by atoms with E-state index in [-0.39, 0.29) is 18.4 Å². The smallest absolute Gasteiger partial charge is 0.261 e. The Kier molecular flexibility index (Phi) is 4.23. The first-order chi connectivity index (χ1) is 9.93. The van der Waals surface area contributed by atoms with Crippen LogP contribution in [-0.4, -0.2) is 11.0 Å². The summed E-state index contributed by atoms with van der Waals surface area (Å²) in [5, 5.41) is 11.0. The van der Waals surface area contributed by atoms with E-state index in [2.05, 4.69) is 5.32 Å². The molecule has 0 saturated heterocycles. The Bertz CT molecular complexity index is 677. The van der Waals surface area contributed by atoms with E-state index < -0.39 is 34.7 Å². The third kappa shape index (κ3) is 3.03. The van der Waals surface area contributed by atoms with Crippen LogP contribution in [0.4, 0.5) is 23.2 Å². The number of carbonyl (C=O) groups excluding carboxylic acids is 1. The molecule has 1 amide bonds. The summed E-state index contributed by atoms with van der Waals surface area (Å²) in [5.41, 5.74) is -0.781. The van der Waals surface area contributed by atoms with Gasteiger partial charge in [0.25, 0.3) is 5.91 Å².